The number of hydrogen-bond donors (Lipinski definition) is 5. The highest BCUT2D eigenvalue weighted by Crippen LogP contribution is 2.40. The lowest BCUT2D eigenvalue weighted by molar-refractivity contribution is -0.142. The number of rotatable bonds is 5. The molecule has 4 rings (SSSR count). The number of aromatic nitrogens is 1. The highest BCUT2D eigenvalue weighted by molar-refractivity contribution is 5.95. The summed E-state index contributed by atoms with van der Waals surface area (Å²) in [4.78, 5) is 40.1. The zero-order valence-corrected chi connectivity index (χ0v) is 15.4. The Hall–Kier alpha value is -3.62. The van der Waals surface area contributed by atoms with Gasteiger partial charge in [0.2, 0.25) is 0 Å². The molecular weight excluding hydrogens is 376 g/mol. The molecule has 0 unspecified atom stereocenters. The van der Waals surface area contributed by atoms with Crippen LogP contribution >= 0.6 is 0 Å². The molecule has 2 aliphatic carbocycles. The minimum atomic E-state index is -1.05. The zero-order chi connectivity index (χ0) is 20.5. The molecule has 2 aromatic rings. The van der Waals surface area contributed by atoms with Gasteiger partial charge in [-0.1, -0.05) is 12.1 Å². The molecule has 2 atom stereocenters. The largest absolute Gasteiger partial charge is 0.508 e. The number of carboxylic acid groups (broad SMARTS) is 1. The molecule has 1 saturated carbocycles. The Bertz CT molecular complexity index is 971. The topological polar surface area (TPSA) is 141 Å². The number of phenolic OH excluding ortho intramolecular Hbond substituents is 1. The molecule has 1 aromatic carbocycles. The maximum absolute atomic E-state index is 12.6. The number of fused-ring (bicyclic) bond motifs is 1. The Kier molecular flexibility index (Phi) is 4.79. The number of carboxylic acids is 1. The molecule has 2 aliphatic rings. The van der Waals surface area contributed by atoms with Crippen LogP contribution in [0.3, 0.4) is 0 Å². The molecule has 1 fully saturated rings. The average Bonchev–Trinajstić information content (AvgIpc) is 3.41. The standard InChI is InChI=1S/C20H20N4O5/c25-15-3-1-2-12-13(15)8-14(19(27)28)17(12)24-18(26)10-4-7-16(21-9-10)23-20(29)22-11-5-6-11/h1-4,7,9,11,14,17,25H,5-6,8H2,(H,24,26)(H,27,28)(H2,21,22,23,29)/t14-,17+/m0/s1. The highest BCUT2D eigenvalue weighted by atomic mass is 16.4. The van der Waals surface area contributed by atoms with Crippen molar-refractivity contribution in [1.82, 2.24) is 15.6 Å². The van der Waals surface area contributed by atoms with Crippen LogP contribution in [0.2, 0.25) is 0 Å². The van der Waals surface area contributed by atoms with Crippen LogP contribution in [0.25, 0.3) is 0 Å². The number of nitrogens with zero attached hydrogens (tertiary/aromatic N) is 1. The first kappa shape index (κ1) is 18.7. The zero-order valence-electron chi connectivity index (χ0n) is 15.4. The molecule has 9 heteroatoms. The van der Waals surface area contributed by atoms with Crippen LogP contribution in [-0.2, 0) is 11.2 Å². The second-order valence-electron chi connectivity index (χ2n) is 7.25. The van der Waals surface area contributed by atoms with Gasteiger partial charge in [-0.2, -0.15) is 0 Å². The number of aliphatic carboxylic acids is 1. The highest BCUT2D eigenvalue weighted by Gasteiger charge is 2.39. The van der Waals surface area contributed by atoms with Gasteiger partial charge >= 0.3 is 12.0 Å². The van der Waals surface area contributed by atoms with E-state index in [9.17, 15) is 24.6 Å². The van der Waals surface area contributed by atoms with Crippen molar-refractivity contribution in [3.05, 3.63) is 53.2 Å². The Balaban J connectivity index is 1.46. The number of hydrogen-bond acceptors (Lipinski definition) is 5. The third-order valence-electron chi connectivity index (χ3n) is 5.13. The molecule has 0 spiro atoms. The number of carbonyl (C=O) groups is 3. The van der Waals surface area contributed by atoms with E-state index in [0.29, 0.717) is 16.9 Å². The SMILES string of the molecule is O=C(Nc1ccc(C(=O)N[C@@H]2c3cccc(O)c3C[C@@H]2C(=O)O)cn1)NC1CC1. The van der Waals surface area contributed by atoms with Crippen LogP contribution in [0.1, 0.15) is 40.4 Å². The predicted octanol–water partition coefficient (Wildman–Crippen LogP) is 1.80. The Morgan fingerprint density at radius 2 is 1.86 bits per heavy atom. The van der Waals surface area contributed by atoms with E-state index in [-0.39, 0.29) is 29.8 Å². The summed E-state index contributed by atoms with van der Waals surface area (Å²) in [5, 5.41) is 27.6. The van der Waals surface area contributed by atoms with Crippen LogP contribution in [0.5, 0.6) is 5.75 Å². The maximum Gasteiger partial charge on any atom is 0.320 e. The number of amides is 3. The number of aromatic hydroxyl groups is 1. The van der Waals surface area contributed by atoms with Gasteiger partial charge in [0.05, 0.1) is 17.5 Å². The molecule has 1 heterocycles. The number of anilines is 1. The fourth-order valence-electron chi connectivity index (χ4n) is 3.46. The van der Waals surface area contributed by atoms with Gasteiger partial charge in [-0.05, 0) is 43.0 Å². The van der Waals surface area contributed by atoms with Crippen LogP contribution in [0.15, 0.2) is 36.5 Å². The van der Waals surface area contributed by atoms with E-state index in [1.54, 1.807) is 12.1 Å². The quantitative estimate of drug-likeness (QED) is 0.522. The number of carbonyl (C=O) groups excluding carboxylic acids is 2. The van der Waals surface area contributed by atoms with Crippen molar-refractivity contribution >= 4 is 23.7 Å². The van der Waals surface area contributed by atoms with Crippen LogP contribution in [0, 0.1) is 5.92 Å². The van der Waals surface area contributed by atoms with Crippen LogP contribution in [-0.4, -0.2) is 39.1 Å². The lowest BCUT2D eigenvalue weighted by atomic mass is 10.0. The number of nitrogens with one attached hydrogen (secondary N) is 3. The van der Waals surface area contributed by atoms with E-state index >= 15 is 0 Å². The van der Waals surface area contributed by atoms with Crippen molar-refractivity contribution < 1.29 is 24.6 Å². The van der Waals surface area contributed by atoms with Crippen molar-refractivity contribution in [1.29, 1.82) is 0 Å². The minimum absolute atomic E-state index is 0.0204. The summed E-state index contributed by atoms with van der Waals surface area (Å²) in [6.07, 6.45) is 3.40. The van der Waals surface area contributed by atoms with Crippen molar-refractivity contribution in [2.45, 2.75) is 31.3 Å². The summed E-state index contributed by atoms with van der Waals surface area (Å²) in [6, 6.07) is 6.94. The molecule has 3 amide bonds. The van der Waals surface area contributed by atoms with Gasteiger partial charge in [0.1, 0.15) is 11.6 Å². The van der Waals surface area contributed by atoms with E-state index in [1.807, 2.05) is 0 Å². The predicted molar refractivity (Wildman–Crippen MR) is 103 cm³/mol. The summed E-state index contributed by atoms with van der Waals surface area (Å²) < 4.78 is 0. The average molecular weight is 396 g/mol. The molecular formula is C20H20N4O5. The molecule has 0 bridgehead atoms. The fraction of sp³-hybridized carbons (Fsp3) is 0.300. The van der Waals surface area contributed by atoms with Crippen molar-refractivity contribution in [3.63, 3.8) is 0 Å². The monoisotopic (exact) mass is 396 g/mol. The summed E-state index contributed by atoms with van der Waals surface area (Å²) in [5.74, 6) is -2.09. The summed E-state index contributed by atoms with van der Waals surface area (Å²) >= 11 is 0. The Morgan fingerprint density at radius 1 is 1.07 bits per heavy atom. The fourth-order valence-corrected chi connectivity index (χ4v) is 3.46. The van der Waals surface area contributed by atoms with E-state index in [2.05, 4.69) is 20.9 Å². The van der Waals surface area contributed by atoms with Gasteiger partial charge in [0.15, 0.2) is 0 Å². The molecule has 150 valence electrons. The number of phenols is 1. The lowest BCUT2D eigenvalue weighted by Crippen LogP contribution is -2.34. The summed E-state index contributed by atoms with van der Waals surface area (Å²) in [5.41, 5.74) is 1.36. The maximum atomic E-state index is 12.6. The molecule has 5 N–H and O–H groups in total. The minimum Gasteiger partial charge on any atom is -0.508 e. The van der Waals surface area contributed by atoms with Crippen molar-refractivity contribution in [3.8, 4) is 5.75 Å². The second-order valence-corrected chi connectivity index (χ2v) is 7.25. The Labute approximate surface area is 166 Å². The normalized spacial score (nSPS) is 19.9. The second kappa shape index (κ2) is 7.42. The summed E-state index contributed by atoms with van der Waals surface area (Å²) in [7, 11) is 0. The molecule has 0 aliphatic heterocycles. The van der Waals surface area contributed by atoms with E-state index < -0.39 is 23.8 Å². The third kappa shape index (κ3) is 3.98. The third-order valence-corrected chi connectivity index (χ3v) is 5.13. The number of benzene rings is 1. The molecule has 0 radical (unpaired) electrons. The number of urea groups is 1. The van der Waals surface area contributed by atoms with Crippen molar-refractivity contribution in [2.75, 3.05) is 5.32 Å². The summed E-state index contributed by atoms with van der Waals surface area (Å²) in [6.45, 7) is 0. The van der Waals surface area contributed by atoms with Gasteiger partial charge in [0, 0.05) is 17.8 Å². The first-order valence-electron chi connectivity index (χ1n) is 9.30. The van der Waals surface area contributed by atoms with Crippen LogP contribution in [0.4, 0.5) is 10.6 Å². The van der Waals surface area contributed by atoms with Crippen LogP contribution < -0.4 is 16.0 Å². The van der Waals surface area contributed by atoms with E-state index in [0.717, 1.165) is 12.8 Å². The van der Waals surface area contributed by atoms with E-state index in [4.69, 9.17) is 0 Å². The molecule has 9 nitrogen and oxygen atoms in total. The smallest absolute Gasteiger partial charge is 0.320 e. The molecule has 29 heavy (non-hydrogen) atoms. The van der Waals surface area contributed by atoms with Gasteiger partial charge in [-0.25, -0.2) is 9.78 Å². The number of pyridine rings is 1. The van der Waals surface area contributed by atoms with Crippen molar-refractivity contribution in [2.24, 2.45) is 5.92 Å². The van der Waals surface area contributed by atoms with Gasteiger partial charge in [0.25, 0.3) is 5.91 Å². The van der Waals surface area contributed by atoms with E-state index in [1.165, 1.54) is 24.4 Å². The lowest BCUT2D eigenvalue weighted by Gasteiger charge is -2.19. The van der Waals surface area contributed by atoms with Gasteiger partial charge in [-0.15, -0.1) is 0 Å². The first-order chi connectivity index (χ1) is 13.9. The molecule has 1 aromatic heterocycles. The van der Waals surface area contributed by atoms with Gasteiger partial charge in [-0.3, -0.25) is 14.9 Å². The van der Waals surface area contributed by atoms with Gasteiger partial charge < -0.3 is 20.8 Å². The first-order valence-corrected chi connectivity index (χ1v) is 9.30. The Morgan fingerprint density at radius 3 is 2.52 bits per heavy atom. The molecule has 0 saturated heterocycles.